The number of nitrogens with one attached hydrogen (secondary N) is 2. The molecule has 0 bridgehead atoms. The van der Waals surface area contributed by atoms with Gasteiger partial charge >= 0.3 is 0 Å². The van der Waals surface area contributed by atoms with Crippen molar-refractivity contribution in [3.63, 3.8) is 0 Å². The van der Waals surface area contributed by atoms with E-state index in [1.54, 1.807) is 12.5 Å². The molecule has 100 valence electrons. The molecule has 2 rings (SSSR count). The number of rotatable bonds is 5. The van der Waals surface area contributed by atoms with Crippen LogP contribution in [-0.2, 0) is 11.3 Å². The molecule has 0 aliphatic carbocycles. The van der Waals surface area contributed by atoms with E-state index in [4.69, 9.17) is 0 Å². The first kappa shape index (κ1) is 13.0. The fourth-order valence-electron chi connectivity index (χ4n) is 2.11. The summed E-state index contributed by atoms with van der Waals surface area (Å²) in [7, 11) is 0. The molecular weight excluding hydrogens is 230 g/mol. The molecule has 0 aromatic carbocycles. The summed E-state index contributed by atoms with van der Waals surface area (Å²) >= 11 is 0. The second-order valence-corrected chi connectivity index (χ2v) is 4.55. The molecule has 1 aliphatic heterocycles. The van der Waals surface area contributed by atoms with Gasteiger partial charge in [-0.25, -0.2) is 4.98 Å². The lowest BCUT2D eigenvalue weighted by Gasteiger charge is -2.31. The smallest absolute Gasteiger partial charge is 0.237 e. The Morgan fingerprint density at radius 1 is 1.50 bits per heavy atom. The summed E-state index contributed by atoms with van der Waals surface area (Å²) in [5.74, 6) is 0.108. The molecule has 0 saturated carbocycles. The number of nitrogens with zero attached hydrogens (tertiary/aromatic N) is 3. The number of aromatic nitrogens is 2. The van der Waals surface area contributed by atoms with Crippen molar-refractivity contribution in [1.29, 1.82) is 0 Å². The molecule has 1 aromatic heterocycles. The van der Waals surface area contributed by atoms with Gasteiger partial charge in [-0.1, -0.05) is 0 Å². The van der Waals surface area contributed by atoms with E-state index in [0.717, 1.165) is 32.7 Å². The van der Waals surface area contributed by atoms with Gasteiger partial charge in [0, 0.05) is 51.7 Å². The summed E-state index contributed by atoms with van der Waals surface area (Å²) in [6.45, 7) is 7.19. The highest BCUT2D eigenvalue weighted by atomic mass is 16.2. The van der Waals surface area contributed by atoms with E-state index in [-0.39, 0.29) is 11.9 Å². The number of amides is 1. The molecule has 2 N–H and O–H groups in total. The average Bonchev–Trinajstić information content (AvgIpc) is 2.92. The van der Waals surface area contributed by atoms with Gasteiger partial charge in [0.05, 0.1) is 12.4 Å². The quantitative estimate of drug-likeness (QED) is 0.726. The standard InChI is InChI=1S/C12H21N5O/c1-11(17-8-3-13-4-9-17)12(18)15-5-7-16-6-2-14-10-16/h2,6,10-11,13H,3-5,7-9H2,1H3,(H,15,18). The van der Waals surface area contributed by atoms with Gasteiger partial charge in [-0.15, -0.1) is 0 Å². The van der Waals surface area contributed by atoms with Crippen molar-refractivity contribution in [3.8, 4) is 0 Å². The summed E-state index contributed by atoms with van der Waals surface area (Å²) in [6.07, 6.45) is 5.39. The van der Waals surface area contributed by atoms with Gasteiger partial charge in [0.1, 0.15) is 0 Å². The second kappa shape index (κ2) is 6.51. The SMILES string of the molecule is CC(C(=O)NCCn1ccnc1)N1CCNCC1. The Kier molecular flexibility index (Phi) is 4.72. The van der Waals surface area contributed by atoms with Crippen LogP contribution in [0.5, 0.6) is 0 Å². The molecule has 1 aromatic rings. The van der Waals surface area contributed by atoms with Crippen molar-refractivity contribution >= 4 is 5.91 Å². The van der Waals surface area contributed by atoms with Crippen molar-refractivity contribution in [1.82, 2.24) is 25.1 Å². The van der Waals surface area contributed by atoms with Crippen molar-refractivity contribution in [3.05, 3.63) is 18.7 Å². The molecule has 1 saturated heterocycles. The van der Waals surface area contributed by atoms with Gasteiger partial charge in [0.15, 0.2) is 0 Å². The fraction of sp³-hybridized carbons (Fsp3) is 0.667. The lowest BCUT2D eigenvalue weighted by Crippen LogP contribution is -2.52. The Morgan fingerprint density at radius 2 is 2.28 bits per heavy atom. The maximum Gasteiger partial charge on any atom is 0.237 e. The molecule has 1 aliphatic rings. The average molecular weight is 251 g/mol. The first-order valence-corrected chi connectivity index (χ1v) is 6.45. The van der Waals surface area contributed by atoms with Crippen molar-refractivity contribution in [2.75, 3.05) is 32.7 Å². The van der Waals surface area contributed by atoms with Gasteiger partial charge in [0.25, 0.3) is 0 Å². The van der Waals surface area contributed by atoms with Crippen LogP contribution in [0.15, 0.2) is 18.7 Å². The summed E-state index contributed by atoms with van der Waals surface area (Å²) < 4.78 is 1.95. The molecule has 1 amide bonds. The van der Waals surface area contributed by atoms with Crippen molar-refractivity contribution in [2.24, 2.45) is 0 Å². The van der Waals surface area contributed by atoms with E-state index >= 15 is 0 Å². The van der Waals surface area contributed by atoms with Crippen LogP contribution in [0.25, 0.3) is 0 Å². The topological polar surface area (TPSA) is 62.2 Å². The fourth-order valence-corrected chi connectivity index (χ4v) is 2.11. The van der Waals surface area contributed by atoms with Gasteiger partial charge in [-0.2, -0.15) is 0 Å². The highest BCUT2D eigenvalue weighted by molar-refractivity contribution is 5.81. The number of imidazole rings is 1. The minimum absolute atomic E-state index is 0.0464. The summed E-state index contributed by atoms with van der Waals surface area (Å²) in [5, 5.41) is 6.25. The number of carbonyl (C=O) groups is 1. The van der Waals surface area contributed by atoms with E-state index in [1.165, 1.54) is 0 Å². The maximum atomic E-state index is 12.0. The van der Waals surface area contributed by atoms with Crippen LogP contribution in [0.1, 0.15) is 6.92 Å². The highest BCUT2D eigenvalue weighted by Gasteiger charge is 2.21. The summed E-state index contributed by atoms with van der Waals surface area (Å²) in [6, 6.07) is -0.0464. The monoisotopic (exact) mass is 251 g/mol. The Balaban J connectivity index is 1.70. The van der Waals surface area contributed by atoms with Gasteiger partial charge in [-0.05, 0) is 6.92 Å². The first-order valence-electron chi connectivity index (χ1n) is 6.45. The Labute approximate surface area is 107 Å². The van der Waals surface area contributed by atoms with Crippen LogP contribution >= 0.6 is 0 Å². The highest BCUT2D eigenvalue weighted by Crippen LogP contribution is 2.00. The zero-order valence-corrected chi connectivity index (χ0v) is 10.8. The first-order chi connectivity index (χ1) is 8.77. The molecule has 0 radical (unpaired) electrons. The third kappa shape index (κ3) is 3.54. The van der Waals surface area contributed by atoms with Crippen molar-refractivity contribution < 1.29 is 4.79 Å². The van der Waals surface area contributed by atoms with E-state index in [9.17, 15) is 4.79 Å². The van der Waals surface area contributed by atoms with Crippen LogP contribution in [0, 0.1) is 0 Å². The van der Waals surface area contributed by atoms with Gasteiger partial charge < -0.3 is 15.2 Å². The van der Waals surface area contributed by atoms with E-state index in [2.05, 4.69) is 20.5 Å². The molecule has 18 heavy (non-hydrogen) atoms. The largest absolute Gasteiger partial charge is 0.353 e. The van der Waals surface area contributed by atoms with Gasteiger partial charge in [-0.3, -0.25) is 9.69 Å². The molecular formula is C12H21N5O. The van der Waals surface area contributed by atoms with Crippen LogP contribution in [-0.4, -0.2) is 59.1 Å². The van der Waals surface area contributed by atoms with Crippen LogP contribution in [0.4, 0.5) is 0 Å². The zero-order chi connectivity index (χ0) is 12.8. The maximum absolute atomic E-state index is 12.0. The third-order valence-electron chi connectivity index (χ3n) is 3.31. The predicted octanol–water partition coefficient (Wildman–Crippen LogP) is -0.707. The molecule has 0 spiro atoms. The molecule has 6 heteroatoms. The van der Waals surface area contributed by atoms with Crippen LogP contribution in [0.3, 0.4) is 0 Å². The third-order valence-corrected chi connectivity index (χ3v) is 3.31. The summed E-state index contributed by atoms with van der Waals surface area (Å²) in [5.41, 5.74) is 0. The number of carbonyl (C=O) groups excluding carboxylic acids is 1. The minimum Gasteiger partial charge on any atom is -0.353 e. The van der Waals surface area contributed by atoms with E-state index < -0.39 is 0 Å². The molecule has 1 unspecified atom stereocenters. The van der Waals surface area contributed by atoms with Crippen LogP contribution in [0.2, 0.25) is 0 Å². The number of hydrogen-bond acceptors (Lipinski definition) is 4. The molecule has 6 nitrogen and oxygen atoms in total. The number of hydrogen-bond donors (Lipinski definition) is 2. The summed E-state index contributed by atoms with van der Waals surface area (Å²) in [4.78, 5) is 18.1. The van der Waals surface area contributed by atoms with Gasteiger partial charge in [0.2, 0.25) is 5.91 Å². The lowest BCUT2D eigenvalue weighted by atomic mass is 10.2. The molecule has 1 fully saturated rings. The normalized spacial score (nSPS) is 18.5. The Morgan fingerprint density at radius 3 is 2.94 bits per heavy atom. The molecule has 1 atom stereocenters. The second-order valence-electron chi connectivity index (χ2n) is 4.55. The van der Waals surface area contributed by atoms with E-state index in [1.807, 2.05) is 17.7 Å². The zero-order valence-electron chi connectivity index (χ0n) is 10.8. The van der Waals surface area contributed by atoms with Crippen LogP contribution < -0.4 is 10.6 Å². The predicted molar refractivity (Wildman–Crippen MR) is 69.1 cm³/mol. The Bertz CT molecular complexity index is 359. The Hall–Kier alpha value is -1.40. The molecule has 2 heterocycles. The van der Waals surface area contributed by atoms with E-state index in [0.29, 0.717) is 6.54 Å². The van der Waals surface area contributed by atoms with Crippen molar-refractivity contribution in [2.45, 2.75) is 19.5 Å². The lowest BCUT2D eigenvalue weighted by molar-refractivity contribution is -0.126. The number of piperazine rings is 1. The minimum atomic E-state index is -0.0464.